The first-order chi connectivity index (χ1) is 9.08. The molecule has 1 aromatic rings. The van der Waals surface area contributed by atoms with Crippen LogP contribution in [0.1, 0.15) is 58.1 Å². The van der Waals surface area contributed by atoms with E-state index in [0.717, 1.165) is 16.9 Å². The fourth-order valence-electron chi connectivity index (χ4n) is 3.36. The molecule has 0 aromatic heterocycles. The molecule has 0 heterocycles. The quantitative estimate of drug-likeness (QED) is 0.798. The van der Waals surface area contributed by atoms with Gasteiger partial charge >= 0.3 is 0 Å². The molecule has 3 unspecified atom stereocenters. The van der Waals surface area contributed by atoms with Crippen molar-refractivity contribution in [3.8, 4) is 0 Å². The Morgan fingerprint density at radius 1 is 1.16 bits per heavy atom. The van der Waals surface area contributed by atoms with Crippen LogP contribution in [0.4, 0.5) is 0 Å². The molecule has 0 spiro atoms. The molecule has 1 saturated carbocycles. The fourth-order valence-corrected chi connectivity index (χ4v) is 3.56. The SMILES string of the molecule is CC(NC1CCCCC1C(C)C)c1cccc(Cl)c1. The van der Waals surface area contributed by atoms with Crippen molar-refractivity contribution in [1.82, 2.24) is 5.32 Å². The highest BCUT2D eigenvalue weighted by Gasteiger charge is 2.28. The molecule has 1 N–H and O–H groups in total. The van der Waals surface area contributed by atoms with Gasteiger partial charge in [-0.3, -0.25) is 0 Å². The molecule has 1 aromatic carbocycles. The zero-order valence-electron chi connectivity index (χ0n) is 12.3. The first kappa shape index (κ1) is 14.9. The van der Waals surface area contributed by atoms with E-state index in [9.17, 15) is 0 Å². The molecule has 1 aliphatic rings. The molecular weight excluding hydrogens is 254 g/mol. The average Bonchev–Trinajstić information content (AvgIpc) is 2.39. The third-order valence-electron chi connectivity index (χ3n) is 4.49. The molecule has 1 nitrogen and oxygen atoms in total. The Hall–Kier alpha value is -0.530. The van der Waals surface area contributed by atoms with Gasteiger partial charge in [0.2, 0.25) is 0 Å². The lowest BCUT2D eigenvalue weighted by atomic mass is 9.77. The summed E-state index contributed by atoms with van der Waals surface area (Å²) in [7, 11) is 0. The van der Waals surface area contributed by atoms with E-state index in [1.807, 2.05) is 12.1 Å². The number of halogens is 1. The Morgan fingerprint density at radius 2 is 1.89 bits per heavy atom. The molecular formula is C17H26ClN. The first-order valence-electron chi connectivity index (χ1n) is 7.59. The van der Waals surface area contributed by atoms with Crippen LogP contribution in [0.3, 0.4) is 0 Å². The summed E-state index contributed by atoms with van der Waals surface area (Å²) in [5, 5.41) is 4.66. The van der Waals surface area contributed by atoms with Gasteiger partial charge in [-0.25, -0.2) is 0 Å². The zero-order valence-corrected chi connectivity index (χ0v) is 13.1. The summed E-state index contributed by atoms with van der Waals surface area (Å²) in [5.74, 6) is 1.58. The van der Waals surface area contributed by atoms with Crippen LogP contribution in [0.25, 0.3) is 0 Å². The number of hydrogen-bond acceptors (Lipinski definition) is 1. The molecule has 1 fully saturated rings. The second-order valence-electron chi connectivity index (χ2n) is 6.24. The number of rotatable bonds is 4. The third kappa shape index (κ3) is 3.97. The molecule has 3 atom stereocenters. The molecule has 106 valence electrons. The van der Waals surface area contributed by atoms with Crippen LogP contribution < -0.4 is 5.32 Å². The van der Waals surface area contributed by atoms with Gasteiger partial charge in [-0.15, -0.1) is 0 Å². The highest BCUT2D eigenvalue weighted by molar-refractivity contribution is 6.30. The van der Waals surface area contributed by atoms with E-state index in [0.29, 0.717) is 12.1 Å². The van der Waals surface area contributed by atoms with Crippen LogP contribution in [0, 0.1) is 11.8 Å². The first-order valence-corrected chi connectivity index (χ1v) is 7.97. The zero-order chi connectivity index (χ0) is 13.8. The molecule has 2 rings (SSSR count). The Morgan fingerprint density at radius 3 is 2.58 bits per heavy atom. The summed E-state index contributed by atoms with van der Waals surface area (Å²) in [5.41, 5.74) is 1.29. The van der Waals surface area contributed by atoms with Crippen molar-refractivity contribution in [1.29, 1.82) is 0 Å². The number of hydrogen-bond donors (Lipinski definition) is 1. The molecule has 0 radical (unpaired) electrons. The second-order valence-corrected chi connectivity index (χ2v) is 6.68. The predicted octanol–water partition coefficient (Wildman–Crippen LogP) is 5.21. The van der Waals surface area contributed by atoms with Crippen molar-refractivity contribution in [2.75, 3.05) is 0 Å². The van der Waals surface area contributed by atoms with Gasteiger partial charge in [0.05, 0.1) is 0 Å². The Balaban J connectivity index is 2.02. The van der Waals surface area contributed by atoms with Crippen molar-refractivity contribution in [2.45, 2.75) is 58.5 Å². The maximum absolute atomic E-state index is 6.08. The minimum absolute atomic E-state index is 0.378. The maximum Gasteiger partial charge on any atom is 0.0409 e. The topological polar surface area (TPSA) is 12.0 Å². The standard InChI is InChI=1S/C17H26ClN/c1-12(2)16-9-4-5-10-17(16)19-13(3)14-7-6-8-15(18)11-14/h6-8,11-13,16-17,19H,4-5,9-10H2,1-3H3. The van der Waals surface area contributed by atoms with Crippen LogP contribution in [0.15, 0.2) is 24.3 Å². The van der Waals surface area contributed by atoms with E-state index in [1.54, 1.807) is 0 Å². The maximum atomic E-state index is 6.08. The van der Waals surface area contributed by atoms with E-state index < -0.39 is 0 Å². The van der Waals surface area contributed by atoms with Gasteiger partial charge in [-0.1, -0.05) is 50.4 Å². The largest absolute Gasteiger partial charge is 0.307 e. The van der Waals surface area contributed by atoms with Crippen molar-refractivity contribution in [2.24, 2.45) is 11.8 Å². The highest BCUT2D eigenvalue weighted by Crippen LogP contribution is 2.32. The van der Waals surface area contributed by atoms with Gasteiger partial charge in [0.15, 0.2) is 0 Å². The van der Waals surface area contributed by atoms with Crippen molar-refractivity contribution in [3.63, 3.8) is 0 Å². The molecule has 0 saturated heterocycles. The van der Waals surface area contributed by atoms with Gasteiger partial charge in [0.25, 0.3) is 0 Å². The highest BCUT2D eigenvalue weighted by atomic mass is 35.5. The minimum atomic E-state index is 0.378. The molecule has 2 heteroatoms. The molecule has 19 heavy (non-hydrogen) atoms. The predicted molar refractivity (Wildman–Crippen MR) is 83.6 cm³/mol. The van der Waals surface area contributed by atoms with E-state index in [4.69, 9.17) is 11.6 Å². The van der Waals surface area contributed by atoms with E-state index in [1.165, 1.54) is 31.2 Å². The van der Waals surface area contributed by atoms with E-state index in [2.05, 4.69) is 38.2 Å². The van der Waals surface area contributed by atoms with Crippen molar-refractivity contribution >= 4 is 11.6 Å². The van der Waals surface area contributed by atoms with Crippen LogP contribution >= 0.6 is 11.6 Å². The lowest BCUT2D eigenvalue weighted by Crippen LogP contribution is -2.42. The lowest BCUT2D eigenvalue weighted by molar-refractivity contribution is 0.195. The van der Waals surface area contributed by atoms with Crippen molar-refractivity contribution < 1.29 is 0 Å². The van der Waals surface area contributed by atoms with Gasteiger partial charge in [0, 0.05) is 17.1 Å². The molecule has 1 aliphatic carbocycles. The van der Waals surface area contributed by atoms with E-state index in [-0.39, 0.29) is 0 Å². The third-order valence-corrected chi connectivity index (χ3v) is 4.72. The van der Waals surface area contributed by atoms with Crippen LogP contribution in [-0.4, -0.2) is 6.04 Å². The summed E-state index contributed by atoms with van der Waals surface area (Å²) < 4.78 is 0. The molecule has 0 bridgehead atoms. The Kier molecular flexibility index (Phi) is 5.29. The summed E-state index contributed by atoms with van der Waals surface area (Å²) in [6, 6.07) is 9.25. The van der Waals surface area contributed by atoms with Crippen LogP contribution in [0.2, 0.25) is 5.02 Å². The number of benzene rings is 1. The van der Waals surface area contributed by atoms with Gasteiger partial charge in [-0.05, 0) is 49.3 Å². The van der Waals surface area contributed by atoms with Gasteiger partial charge in [0.1, 0.15) is 0 Å². The monoisotopic (exact) mass is 279 g/mol. The van der Waals surface area contributed by atoms with Gasteiger partial charge in [-0.2, -0.15) is 0 Å². The normalized spacial score (nSPS) is 25.5. The summed E-state index contributed by atoms with van der Waals surface area (Å²) in [4.78, 5) is 0. The smallest absolute Gasteiger partial charge is 0.0409 e. The average molecular weight is 280 g/mol. The number of nitrogens with one attached hydrogen (secondary N) is 1. The Bertz CT molecular complexity index is 402. The summed E-state index contributed by atoms with van der Waals surface area (Å²) in [6.45, 7) is 6.96. The van der Waals surface area contributed by atoms with Crippen LogP contribution in [-0.2, 0) is 0 Å². The van der Waals surface area contributed by atoms with E-state index >= 15 is 0 Å². The molecule has 0 amide bonds. The summed E-state index contributed by atoms with van der Waals surface area (Å²) >= 11 is 6.08. The fraction of sp³-hybridized carbons (Fsp3) is 0.647. The summed E-state index contributed by atoms with van der Waals surface area (Å²) in [6.07, 6.45) is 5.45. The minimum Gasteiger partial charge on any atom is -0.307 e. The van der Waals surface area contributed by atoms with Gasteiger partial charge < -0.3 is 5.32 Å². The Labute approximate surface area is 122 Å². The van der Waals surface area contributed by atoms with Crippen molar-refractivity contribution in [3.05, 3.63) is 34.9 Å². The van der Waals surface area contributed by atoms with Crippen LogP contribution in [0.5, 0.6) is 0 Å². The lowest BCUT2D eigenvalue weighted by Gasteiger charge is -2.37. The second kappa shape index (κ2) is 6.76. The molecule has 0 aliphatic heterocycles.